The van der Waals surface area contributed by atoms with Crippen molar-refractivity contribution in [3.8, 4) is 0 Å². The van der Waals surface area contributed by atoms with Crippen molar-refractivity contribution in [1.82, 2.24) is 6.15 Å². The van der Waals surface area contributed by atoms with Crippen LogP contribution >= 0.6 is 0 Å². The van der Waals surface area contributed by atoms with E-state index in [9.17, 15) is 10.6 Å². The summed E-state index contributed by atoms with van der Waals surface area (Å²) < 4.78 is 34.4. The fraction of sp³-hybridized carbons (Fsp3) is 1.00. The normalized spacial score (nSPS) is 11.0. The van der Waals surface area contributed by atoms with Gasteiger partial charge in [-0.15, -0.1) is 0 Å². The zero-order chi connectivity index (χ0) is 10.2. The molecule has 6 heteroatoms. The monoisotopic (exact) mass is 293 g/mol. The molecule has 0 radical (unpaired) electrons. The summed E-state index contributed by atoms with van der Waals surface area (Å²) in [6.07, 6.45) is 6.29. The summed E-state index contributed by atoms with van der Waals surface area (Å²) in [6.45, 7) is 2.21. The standard InChI is InChI=1S/C8H17O.Mo.H3N.3O/c1-2-3-4-5-6-7-8-9;;;;;/h2-8H2,1H3;;1H3;;;/q-1;+1;;;;-1/p+1. The first kappa shape index (κ1) is 16.6. The van der Waals surface area contributed by atoms with Crippen LogP contribution in [-0.2, 0) is 26.9 Å². The quantitative estimate of drug-likeness (QED) is 0.543. The third-order valence-electron chi connectivity index (χ3n) is 1.73. The van der Waals surface area contributed by atoms with Crippen molar-refractivity contribution in [3.05, 3.63) is 0 Å². The summed E-state index contributed by atoms with van der Waals surface area (Å²) in [6, 6.07) is 0. The van der Waals surface area contributed by atoms with Gasteiger partial charge in [0, 0.05) is 0 Å². The smallest absolute Gasteiger partial charge is 0.369 e. The predicted octanol–water partition coefficient (Wildman–Crippen LogP) is 1.77. The fourth-order valence-corrected chi connectivity index (χ4v) is 1.83. The van der Waals surface area contributed by atoms with Gasteiger partial charge in [0.15, 0.2) is 0 Å². The van der Waals surface area contributed by atoms with E-state index in [2.05, 4.69) is 10.3 Å². The molecule has 0 aliphatic carbocycles. The van der Waals surface area contributed by atoms with Crippen molar-refractivity contribution in [2.45, 2.75) is 45.4 Å². The molecular formula is C8H21MoNO4. The number of hydrogen-bond acceptors (Lipinski definition) is 4. The van der Waals surface area contributed by atoms with E-state index in [4.69, 9.17) is 0 Å². The molecule has 0 amide bonds. The molecule has 0 bridgehead atoms. The maximum absolute atomic E-state index is 10.1. The number of hydrogen-bond donors (Lipinski definition) is 1. The van der Waals surface area contributed by atoms with Gasteiger partial charge in [-0.2, -0.15) is 0 Å². The van der Waals surface area contributed by atoms with E-state index in [0.717, 1.165) is 12.8 Å². The van der Waals surface area contributed by atoms with Gasteiger partial charge in [-0.3, -0.25) is 0 Å². The Bertz CT molecular complexity index is 203. The van der Waals surface area contributed by atoms with Crippen molar-refractivity contribution in [3.63, 3.8) is 0 Å². The van der Waals surface area contributed by atoms with Crippen molar-refractivity contribution in [2.75, 3.05) is 6.61 Å². The Balaban J connectivity index is 0. The molecule has 88 valence electrons. The molecule has 0 rings (SSSR count). The minimum absolute atomic E-state index is 0. The van der Waals surface area contributed by atoms with E-state index in [-0.39, 0.29) is 12.8 Å². The molecular weight excluding hydrogens is 270 g/mol. The molecule has 0 aliphatic rings. The molecule has 0 saturated carbocycles. The minimum Gasteiger partial charge on any atom is -0.369 e. The van der Waals surface area contributed by atoms with Crippen LogP contribution in [0.2, 0.25) is 0 Å². The van der Waals surface area contributed by atoms with E-state index in [0.29, 0.717) is 6.42 Å². The average molecular weight is 291 g/mol. The van der Waals surface area contributed by atoms with Crippen molar-refractivity contribution >= 4 is 0 Å². The molecule has 0 aromatic rings. The van der Waals surface area contributed by atoms with E-state index in [1.54, 1.807) is 0 Å². The maximum atomic E-state index is 10.1. The second-order valence-electron chi connectivity index (χ2n) is 3.00. The van der Waals surface area contributed by atoms with Crippen LogP contribution in [0.4, 0.5) is 0 Å². The zero-order valence-electron chi connectivity index (χ0n) is 8.99. The molecule has 0 atom stereocenters. The fourth-order valence-electron chi connectivity index (χ4n) is 1.04. The van der Waals surface area contributed by atoms with Crippen LogP contribution in [0.1, 0.15) is 45.4 Å². The Morgan fingerprint density at radius 2 is 1.57 bits per heavy atom. The van der Waals surface area contributed by atoms with Gasteiger partial charge in [0.1, 0.15) is 0 Å². The third kappa shape index (κ3) is 14.7. The Morgan fingerprint density at radius 1 is 1.07 bits per heavy atom. The summed E-state index contributed by atoms with van der Waals surface area (Å²) >= 11 is -5.45. The first-order chi connectivity index (χ1) is 6.06. The Labute approximate surface area is 89.1 Å². The van der Waals surface area contributed by atoms with Gasteiger partial charge in [0.25, 0.3) is 0 Å². The van der Waals surface area contributed by atoms with E-state index < -0.39 is 16.7 Å². The van der Waals surface area contributed by atoms with Gasteiger partial charge in [-0.1, -0.05) is 0 Å². The van der Waals surface area contributed by atoms with Gasteiger partial charge in [0.05, 0.1) is 0 Å². The summed E-state index contributed by atoms with van der Waals surface area (Å²) in [4.78, 5) is 0. The van der Waals surface area contributed by atoms with E-state index in [1.165, 1.54) is 19.3 Å². The van der Waals surface area contributed by atoms with Crippen LogP contribution in [0, 0.1) is 0 Å². The molecule has 0 aliphatic heterocycles. The van der Waals surface area contributed by atoms with Gasteiger partial charge >= 0.3 is 82.7 Å². The molecule has 0 spiro atoms. The van der Waals surface area contributed by atoms with Crippen LogP contribution in [-0.4, -0.2) is 6.61 Å². The van der Waals surface area contributed by atoms with Crippen LogP contribution < -0.4 is 9.91 Å². The molecule has 0 heterocycles. The molecule has 14 heavy (non-hydrogen) atoms. The Kier molecular flexibility index (Phi) is 11.5. The number of quaternary nitrogens is 1. The van der Waals surface area contributed by atoms with Crippen LogP contribution in [0.25, 0.3) is 0 Å². The summed E-state index contributed by atoms with van der Waals surface area (Å²) in [5.41, 5.74) is 0. The van der Waals surface area contributed by atoms with Crippen LogP contribution in [0.3, 0.4) is 0 Å². The molecule has 0 saturated heterocycles. The van der Waals surface area contributed by atoms with Gasteiger partial charge in [-0.25, -0.2) is 0 Å². The first-order valence-electron chi connectivity index (χ1n) is 4.66. The summed E-state index contributed by atoms with van der Waals surface area (Å²) in [7, 11) is 0. The molecule has 4 N–H and O–H groups in total. The maximum Gasteiger partial charge on any atom is -0.369 e. The van der Waals surface area contributed by atoms with E-state index in [1.807, 2.05) is 0 Å². The first-order valence-corrected chi connectivity index (χ1v) is 7.94. The van der Waals surface area contributed by atoms with E-state index >= 15 is 0 Å². The van der Waals surface area contributed by atoms with Crippen LogP contribution in [0.15, 0.2) is 0 Å². The van der Waals surface area contributed by atoms with Crippen molar-refractivity contribution in [2.24, 2.45) is 0 Å². The van der Waals surface area contributed by atoms with Crippen molar-refractivity contribution < 1.29 is 30.7 Å². The second kappa shape index (κ2) is 9.71. The van der Waals surface area contributed by atoms with Gasteiger partial charge < -0.3 is 6.15 Å². The van der Waals surface area contributed by atoms with Crippen molar-refractivity contribution in [1.29, 1.82) is 0 Å². The molecule has 0 fully saturated rings. The molecule has 0 unspecified atom stereocenters. The summed E-state index contributed by atoms with van der Waals surface area (Å²) in [5.74, 6) is 0. The molecule has 0 aromatic heterocycles. The van der Waals surface area contributed by atoms with Gasteiger partial charge in [-0.05, 0) is 0 Å². The Morgan fingerprint density at radius 3 is 2.07 bits per heavy atom. The number of rotatable bonds is 8. The third-order valence-corrected chi connectivity index (χ3v) is 2.84. The second-order valence-corrected chi connectivity index (χ2v) is 5.58. The topological polar surface area (TPSA) is 103 Å². The number of unbranched alkanes of at least 4 members (excludes halogenated alkanes) is 5. The Hall–Kier alpha value is 0.168. The van der Waals surface area contributed by atoms with Gasteiger partial charge in [0.2, 0.25) is 0 Å². The molecule has 5 nitrogen and oxygen atoms in total. The molecule has 0 aromatic carbocycles. The zero-order valence-corrected chi connectivity index (χ0v) is 11.0. The average Bonchev–Trinajstić information content (AvgIpc) is 2.01. The minimum atomic E-state index is -5.45. The van der Waals surface area contributed by atoms with Crippen LogP contribution in [0.5, 0.6) is 0 Å². The summed E-state index contributed by atoms with van der Waals surface area (Å²) in [5, 5.41) is 0. The largest absolute Gasteiger partial charge is 0.369 e. The SMILES string of the molecule is CCCCCCCC[O][Mo](=[O])(=[O])[O-].[NH4+]. The predicted molar refractivity (Wildman–Crippen MR) is 46.7 cm³/mol.